The van der Waals surface area contributed by atoms with Gasteiger partial charge in [0.1, 0.15) is 5.58 Å². The Morgan fingerprint density at radius 2 is 2.20 bits per heavy atom. The van der Waals surface area contributed by atoms with Crippen molar-refractivity contribution in [1.82, 2.24) is 0 Å². The number of benzene rings is 1. The molecule has 0 saturated carbocycles. The van der Waals surface area contributed by atoms with Crippen LogP contribution in [0.4, 0.5) is 5.69 Å². The predicted octanol–water partition coefficient (Wildman–Crippen LogP) is 3.04. The molecule has 0 spiro atoms. The molecule has 0 aliphatic carbocycles. The van der Waals surface area contributed by atoms with Crippen LogP contribution in [0.2, 0.25) is 0 Å². The standard InChI is InChI=1S/C10H7N3O2/c1-6-4-10(14)15-9-5-7(12-13-11)2-3-8(6)9/h2-5H,1H3. The van der Waals surface area contributed by atoms with Crippen molar-refractivity contribution in [3.63, 3.8) is 0 Å². The van der Waals surface area contributed by atoms with Crippen LogP contribution in [0.3, 0.4) is 0 Å². The van der Waals surface area contributed by atoms with Crippen LogP contribution >= 0.6 is 0 Å². The van der Waals surface area contributed by atoms with Gasteiger partial charge in [-0.1, -0.05) is 17.2 Å². The van der Waals surface area contributed by atoms with E-state index >= 15 is 0 Å². The molecule has 0 unspecified atom stereocenters. The number of nitrogens with zero attached hydrogens (tertiary/aromatic N) is 3. The summed E-state index contributed by atoms with van der Waals surface area (Å²) in [7, 11) is 0. The summed E-state index contributed by atoms with van der Waals surface area (Å²) in [6.45, 7) is 1.83. The van der Waals surface area contributed by atoms with Gasteiger partial charge in [0, 0.05) is 22.1 Å². The smallest absolute Gasteiger partial charge is 0.336 e. The first kappa shape index (κ1) is 9.30. The molecule has 5 heteroatoms. The summed E-state index contributed by atoms with van der Waals surface area (Å²) < 4.78 is 4.99. The molecule has 1 aromatic carbocycles. The van der Waals surface area contributed by atoms with Crippen LogP contribution in [0.1, 0.15) is 5.56 Å². The lowest BCUT2D eigenvalue weighted by molar-refractivity contribution is 0.560. The zero-order chi connectivity index (χ0) is 10.8. The van der Waals surface area contributed by atoms with E-state index in [1.807, 2.05) is 6.92 Å². The van der Waals surface area contributed by atoms with Crippen LogP contribution in [0.25, 0.3) is 21.4 Å². The normalized spacial score (nSPS) is 9.93. The second kappa shape index (κ2) is 3.48. The van der Waals surface area contributed by atoms with Gasteiger partial charge in [-0.15, -0.1) is 0 Å². The molecule has 0 atom stereocenters. The fourth-order valence-electron chi connectivity index (χ4n) is 1.43. The largest absolute Gasteiger partial charge is 0.423 e. The highest BCUT2D eigenvalue weighted by molar-refractivity contribution is 5.82. The SMILES string of the molecule is Cc1cc(=O)oc2cc(N=[N+]=[N-])ccc12. The predicted molar refractivity (Wildman–Crippen MR) is 56.0 cm³/mol. The summed E-state index contributed by atoms with van der Waals surface area (Å²) in [5.74, 6) is 0. The molecule has 74 valence electrons. The van der Waals surface area contributed by atoms with Gasteiger partial charge in [-0.05, 0) is 24.1 Å². The van der Waals surface area contributed by atoms with Gasteiger partial charge < -0.3 is 4.42 Å². The molecule has 0 amide bonds. The highest BCUT2D eigenvalue weighted by Gasteiger charge is 2.01. The Balaban J connectivity index is 2.81. The molecule has 2 rings (SSSR count). The molecular formula is C10H7N3O2. The van der Waals surface area contributed by atoms with Gasteiger partial charge in [-0.2, -0.15) is 0 Å². The first-order valence-electron chi connectivity index (χ1n) is 4.30. The topological polar surface area (TPSA) is 79.0 Å². The number of hydrogen-bond acceptors (Lipinski definition) is 3. The van der Waals surface area contributed by atoms with Crippen LogP contribution in [0.5, 0.6) is 0 Å². The minimum absolute atomic E-state index is 0.405. The molecule has 5 nitrogen and oxygen atoms in total. The summed E-state index contributed by atoms with van der Waals surface area (Å²) in [6, 6.07) is 6.41. The van der Waals surface area contributed by atoms with E-state index in [0.717, 1.165) is 10.9 Å². The molecule has 1 heterocycles. The summed E-state index contributed by atoms with van der Waals surface area (Å²) >= 11 is 0. The third kappa shape index (κ3) is 1.68. The highest BCUT2D eigenvalue weighted by atomic mass is 16.4. The quantitative estimate of drug-likeness (QED) is 0.307. The molecule has 0 aliphatic rings. The van der Waals surface area contributed by atoms with Gasteiger partial charge in [0.2, 0.25) is 0 Å². The Labute approximate surface area is 84.6 Å². The van der Waals surface area contributed by atoms with Crippen molar-refractivity contribution in [3.8, 4) is 0 Å². The lowest BCUT2D eigenvalue weighted by Gasteiger charge is -2.00. The first-order chi connectivity index (χ1) is 7.20. The fraction of sp³-hybridized carbons (Fsp3) is 0.100. The summed E-state index contributed by atoms with van der Waals surface area (Å²) in [5.41, 5.74) is 9.57. The minimum atomic E-state index is -0.405. The van der Waals surface area contributed by atoms with Crippen LogP contribution < -0.4 is 5.63 Å². The van der Waals surface area contributed by atoms with E-state index in [-0.39, 0.29) is 0 Å². The molecule has 0 bridgehead atoms. The Morgan fingerprint density at radius 1 is 1.40 bits per heavy atom. The van der Waals surface area contributed by atoms with Gasteiger partial charge in [-0.3, -0.25) is 0 Å². The average molecular weight is 201 g/mol. The molecule has 1 aromatic heterocycles. The molecule has 15 heavy (non-hydrogen) atoms. The lowest BCUT2D eigenvalue weighted by atomic mass is 10.1. The van der Waals surface area contributed by atoms with Crippen molar-refractivity contribution in [1.29, 1.82) is 0 Å². The van der Waals surface area contributed by atoms with E-state index in [2.05, 4.69) is 10.0 Å². The number of rotatable bonds is 1. The van der Waals surface area contributed by atoms with Crippen LogP contribution in [-0.4, -0.2) is 0 Å². The third-order valence-corrected chi connectivity index (χ3v) is 2.10. The van der Waals surface area contributed by atoms with Gasteiger partial charge >= 0.3 is 5.63 Å². The molecule has 2 aromatic rings. The first-order valence-corrected chi connectivity index (χ1v) is 4.30. The zero-order valence-electron chi connectivity index (χ0n) is 7.97. The molecule has 0 N–H and O–H groups in total. The maximum atomic E-state index is 11.1. The van der Waals surface area contributed by atoms with E-state index in [1.54, 1.807) is 18.2 Å². The van der Waals surface area contributed by atoms with E-state index < -0.39 is 5.63 Å². The van der Waals surface area contributed by atoms with Crippen molar-refractivity contribution in [2.24, 2.45) is 5.11 Å². The van der Waals surface area contributed by atoms with Crippen molar-refractivity contribution >= 4 is 16.7 Å². The Kier molecular flexibility index (Phi) is 2.15. The van der Waals surface area contributed by atoms with Crippen LogP contribution in [0, 0.1) is 6.92 Å². The molecule has 0 aliphatic heterocycles. The number of fused-ring (bicyclic) bond motifs is 1. The van der Waals surface area contributed by atoms with Crippen molar-refractivity contribution in [2.45, 2.75) is 6.92 Å². The lowest BCUT2D eigenvalue weighted by Crippen LogP contribution is -1.97. The molecule has 0 saturated heterocycles. The Morgan fingerprint density at radius 3 is 2.93 bits per heavy atom. The zero-order valence-corrected chi connectivity index (χ0v) is 7.97. The van der Waals surface area contributed by atoms with Crippen molar-refractivity contribution in [2.75, 3.05) is 0 Å². The van der Waals surface area contributed by atoms with E-state index in [9.17, 15) is 4.79 Å². The second-order valence-corrected chi connectivity index (χ2v) is 3.12. The summed E-state index contributed by atoms with van der Waals surface area (Å²) in [6.07, 6.45) is 0. The van der Waals surface area contributed by atoms with E-state index in [1.165, 1.54) is 6.07 Å². The van der Waals surface area contributed by atoms with Crippen LogP contribution in [-0.2, 0) is 0 Å². The number of hydrogen-bond donors (Lipinski definition) is 0. The molecule has 0 radical (unpaired) electrons. The van der Waals surface area contributed by atoms with Gasteiger partial charge in [0.15, 0.2) is 0 Å². The molecular weight excluding hydrogens is 194 g/mol. The van der Waals surface area contributed by atoms with Crippen molar-refractivity contribution in [3.05, 3.63) is 50.7 Å². The van der Waals surface area contributed by atoms with Gasteiger partial charge in [0.25, 0.3) is 0 Å². The summed E-state index contributed by atoms with van der Waals surface area (Å²) in [5, 5.41) is 4.27. The summed E-state index contributed by atoms with van der Waals surface area (Å²) in [4.78, 5) is 13.8. The number of azide groups is 1. The Bertz CT molecular complexity index is 624. The Hall–Kier alpha value is -2.26. The van der Waals surface area contributed by atoms with Gasteiger partial charge in [0.05, 0.1) is 0 Å². The van der Waals surface area contributed by atoms with E-state index in [4.69, 9.17) is 9.95 Å². The fourth-order valence-corrected chi connectivity index (χ4v) is 1.43. The van der Waals surface area contributed by atoms with E-state index in [0.29, 0.717) is 11.3 Å². The monoisotopic (exact) mass is 201 g/mol. The molecule has 0 fully saturated rings. The number of aryl methyl sites for hydroxylation is 1. The third-order valence-electron chi connectivity index (χ3n) is 2.10. The highest BCUT2D eigenvalue weighted by Crippen LogP contribution is 2.22. The maximum Gasteiger partial charge on any atom is 0.336 e. The average Bonchev–Trinajstić information content (AvgIpc) is 2.17. The second-order valence-electron chi connectivity index (χ2n) is 3.12. The van der Waals surface area contributed by atoms with Crippen LogP contribution in [0.15, 0.2) is 38.6 Å². The maximum absolute atomic E-state index is 11.1. The minimum Gasteiger partial charge on any atom is -0.423 e. The van der Waals surface area contributed by atoms with Gasteiger partial charge in [-0.25, -0.2) is 4.79 Å². The van der Waals surface area contributed by atoms with Crippen molar-refractivity contribution < 1.29 is 4.42 Å².